The highest BCUT2D eigenvalue weighted by Gasteiger charge is 2.12. The van der Waals surface area contributed by atoms with Gasteiger partial charge in [0.15, 0.2) is 5.69 Å². The zero-order valence-corrected chi connectivity index (χ0v) is 8.89. The summed E-state index contributed by atoms with van der Waals surface area (Å²) in [6.07, 6.45) is 1.64. The molecule has 1 N–H and O–H groups in total. The third-order valence-electron chi connectivity index (χ3n) is 2.31. The van der Waals surface area contributed by atoms with Gasteiger partial charge in [-0.1, -0.05) is 0 Å². The molecule has 0 amide bonds. The van der Waals surface area contributed by atoms with Crippen molar-refractivity contribution in [1.82, 2.24) is 9.97 Å². The van der Waals surface area contributed by atoms with Crippen molar-refractivity contribution in [2.75, 3.05) is 7.11 Å². The average Bonchev–Trinajstić information content (AvgIpc) is 2.28. The number of aryl methyl sites for hydroxylation is 1. The van der Waals surface area contributed by atoms with Crippen LogP contribution in [0, 0.1) is 6.92 Å². The van der Waals surface area contributed by atoms with Gasteiger partial charge in [-0.25, -0.2) is 9.78 Å². The first-order chi connectivity index (χ1) is 7.63. The predicted octanol–water partition coefficient (Wildman–Crippen LogP) is 1.65. The van der Waals surface area contributed by atoms with Crippen LogP contribution in [-0.2, 0) is 0 Å². The van der Waals surface area contributed by atoms with Gasteiger partial charge in [0, 0.05) is 17.6 Å². The van der Waals surface area contributed by atoms with Crippen LogP contribution in [0.4, 0.5) is 0 Å². The topological polar surface area (TPSA) is 72.3 Å². The van der Waals surface area contributed by atoms with E-state index in [-0.39, 0.29) is 5.69 Å². The molecule has 0 unspecified atom stereocenters. The number of carbonyl (C=O) groups is 1. The predicted molar refractivity (Wildman–Crippen MR) is 57.8 cm³/mol. The largest absolute Gasteiger partial charge is 0.496 e. The Morgan fingerprint density at radius 3 is 2.88 bits per heavy atom. The van der Waals surface area contributed by atoms with Crippen LogP contribution >= 0.6 is 0 Å². The second-order valence-corrected chi connectivity index (χ2v) is 3.31. The van der Waals surface area contributed by atoms with Crippen molar-refractivity contribution in [2.24, 2.45) is 0 Å². The lowest BCUT2D eigenvalue weighted by Crippen LogP contribution is -2.02. The maximum Gasteiger partial charge on any atom is 0.354 e. The van der Waals surface area contributed by atoms with E-state index in [9.17, 15) is 4.79 Å². The first-order valence-corrected chi connectivity index (χ1v) is 4.67. The van der Waals surface area contributed by atoms with Gasteiger partial charge in [0.25, 0.3) is 0 Å². The zero-order chi connectivity index (χ0) is 11.7. The number of carboxylic acids is 1. The van der Waals surface area contributed by atoms with E-state index in [2.05, 4.69) is 9.97 Å². The number of ether oxygens (including phenoxy) is 1. The van der Waals surface area contributed by atoms with Crippen LogP contribution < -0.4 is 4.74 Å². The first-order valence-electron chi connectivity index (χ1n) is 4.67. The SMILES string of the molecule is COc1cc(C(=O)O)nc2c(C)nccc12. The van der Waals surface area contributed by atoms with Crippen LogP contribution in [0.25, 0.3) is 10.9 Å². The Balaban J connectivity index is 2.84. The van der Waals surface area contributed by atoms with Gasteiger partial charge in [0.1, 0.15) is 5.75 Å². The molecule has 0 aliphatic rings. The van der Waals surface area contributed by atoms with E-state index in [4.69, 9.17) is 9.84 Å². The lowest BCUT2D eigenvalue weighted by molar-refractivity contribution is 0.0690. The van der Waals surface area contributed by atoms with E-state index in [1.165, 1.54) is 13.2 Å². The highest BCUT2D eigenvalue weighted by molar-refractivity contribution is 5.93. The van der Waals surface area contributed by atoms with Crippen LogP contribution in [0.2, 0.25) is 0 Å². The smallest absolute Gasteiger partial charge is 0.354 e. The van der Waals surface area contributed by atoms with Gasteiger partial charge in [0.05, 0.1) is 18.3 Å². The minimum Gasteiger partial charge on any atom is -0.496 e. The molecule has 0 saturated carbocycles. The third kappa shape index (κ3) is 1.56. The summed E-state index contributed by atoms with van der Waals surface area (Å²) in [6.45, 7) is 1.78. The van der Waals surface area contributed by atoms with E-state index in [1.807, 2.05) is 0 Å². The summed E-state index contributed by atoms with van der Waals surface area (Å²) in [7, 11) is 1.50. The fourth-order valence-electron chi connectivity index (χ4n) is 1.53. The van der Waals surface area contributed by atoms with Crippen LogP contribution in [0.1, 0.15) is 16.2 Å². The Hall–Kier alpha value is -2.17. The number of fused-ring (bicyclic) bond motifs is 1. The normalized spacial score (nSPS) is 10.4. The first kappa shape index (κ1) is 10.4. The summed E-state index contributed by atoms with van der Waals surface area (Å²) in [5, 5.41) is 9.68. The van der Waals surface area contributed by atoms with E-state index in [0.717, 1.165) is 5.39 Å². The van der Waals surface area contributed by atoms with Gasteiger partial charge in [-0.2, -0.15) is 0 Å². The molecule has 2 heterocycles. The molecular formula is C11H10N2O3. The molecule has 82 valence electrons. The molecule has 0 aliphatic heterocycles. The average molecular weight is 218 g/mol. The number of hydrogen-bond acceptors (Lipinski definition) is 4. The molecule has 0 aliphatic carbocycles. The monoisotopic (exact) mass is 218 g/mol. The Bertz CT molecular complexity index is 566. The fourth-order valence-corrected chi connectivity index (χ4v) is 1.53. The Morgan fingerprint density at radius 1 is 1.50 bits per heavy atom. The minimum absolute atomic E-state index is 0.0412. The van der Waals surface area contributed by atoms with Gasteiger partial charge < -0.3 is 9.84 Å². The maximum atomic E-state index is 10.9. The summed E-state index contributed by atoms with van der Waals surface area (Å²) in [6, 6.07) is 3.16. The molecule has 2 aromatic rings. The molecule has 0 fully saturated rings. The molecule has 0 saturated heterocycles. The highest BCUT2D eigenvalue weighted by Crippen LogP contribution is 2.26. The van der Waals surface area contributed by atoms with Crippen LogP contribution in [0.15, 0.2) is 18.3 Å². The van der Waals surface area contributed by atoms with Gasteiger partial charge >= 0.3 is 5.97 Å². The molecule has 0 atom stereocenters. The fraction of sp³-hybridized carbons (Fsp3) is 0.182. The van der Waals surface area contributed by atoms with E-state index in [1.54, 1.807) is 19.2 Å². The number of nitrogens with zero attached hydrogens (tertiary/aromatic N) is 2. The summed E-state index contributed by atoms with van der Waals surface area (Å²) in [5.41, 5.74) is 1.19. The molecule has 2 rings (SSSR count). The van der Waals surface area contributed by atoms with Crippen molar-refractivity contribution in [3.05, 3.63) is 29.7 Å². The summed E-state index contributed by atoms with van der Waals surface area (Å²) in [5.74, 6) is -0.587. The number of hydrogen-bond donors (Lipinski definition) is 1. The van der Waals surface area contributed by atoms with Crippen LogP contribution in [0.3, 0.4) is 0 Å². The van der Waals surface area contributed by atoms with Crippen LogP contribution in [0.5, 0.6) is 5.75 Å². The lowest BCUT2D eigenvalue weighted by atomic mass is 10.2. The number of aromatic carboxylic acids is 1. The van der Waals surface area contributed by atoms with E-state index < -0.39 is 5.97 Å². The minimum atomic E-state index is -1.08. The van der Waals surface area contributed by atoms with Crippen molar-refractivity contribution in [2.45, 2.75) is 6.92 Å². The standard InChI is InChI=1S/C11H10N2O3/c1-6-10-7(3-4-12-6)9(16-2)5-8(13-10)11(14)15/h3-5H,1-2H3,(H,14,15). The van der Waals surface area contributed by atoms with Gasteiger partial charge in [0.2, 0.25) is 0 Å². The van der Waals surface area contributed by atoms with Gasteiger partial charge in [-0.3, -0.25) is 4.98 Å². The maximum absolute atomic E-state index is 10.9. The molecule has 16 heavy (non-hydrogen) atoms. The van der Waals surface area contributed by atoms with Crippen molar-refractivity contribution >= 4 is 16.9 Å². The molecule has 5 heteroatoms. The van der Waals surface area contributed by atoms with Crippen molar-refractivity contribution in [3.63, 3.8) is 0 Å². The highest BCUT2D eigenvalue weighted by atomic mass is 16.5. The Kier molecular flexibility index (Phi) is 2.44. The molecule has 0 bridgehead atoms. The van der Waals surface area contributed by atoms with Crippen molar-refractivity contribution in [3.8, 4) is 5.75 Å². The Morgan fingerprint density at radius 2 is 2.25 bits per heavy atom. The third-order valence-corrected chi connectivity index (χ3v) is 2.31. The second kappa shape index (κ2) is 3.77. The van der Waals surface area contributed by atoms with Crippen molar-refractivity contribution in [1.29, 1.82) is 0 Å². The molecule has 0 spiro atoms. The summed E-state index contributed by atoms with van der Waals surface area (Å²) >= 11 is 0. The number of methoxy groups -OCH3 is 1. The van der Waals surface area contributed by atoms with E-state index in [0.29, 0.717) is 17.0 Å². The van der Waals surface area contributed by atoms with E-state index >= 15 is 0 Å². The summed E-state index contributed by atoms with van der Waals surface area (Å²) < 4.78 is 5.14. The van der Waals surface area contributed by atoms with Gasteiger partial charge in [-0.05, 0) is 13.0 Å². The summed E-state index contributed by atoms with van der Waals surface area (Å²) in [4.78, 5) is 19.0. The zero-order valence-electron chi connectivity index (χ0n) is 8.89. The van der Waals surface area contributed by atoms with Crippen molar-refractivity contribution < 1.29 is 14.6 Å². The Labute approximate surface area is 91.7 Å². The van der Waals surface area contributed by atoms with Crippen LogP contribution in [-0.4, -0.2) is 28.2 Å². The molecule has 0 radical (unpaired) electrons. The number of aromatic nitrogens is 2. The molecule has 5 nitrogen and oxygen atoms in total. The lowest BCUT2D eigenvalue weighted by Gasteiger charge is -2.07. The second-order valence-electron chi connectivity index (χ2n) is 3.31. The molecular weight excluding hydrogens is 208 g/mol. The van der Waals surface area contributed by atoms with Gasteiger partial charge in [-0.15, -0.1) is 0 Å². The molecule has 2 aromatic heterocycles. The quantitative estimate of drug-likeness (QED) is 0.829. The molecule has 0 aromatic carbocycles. The number of pyridine rings is 2. The number of rotatable bonds is 2. The number of carboxylic acid groups (broad SMARTS) is 1.